The average Bonchev–Trinajstić information content (AvgIpc) is 2.99. The molecule has 1 fully saturated rings. The Morgan fingerprint density at radius 2 is 2.00 bits per heavy atom. The summed E-state index contributed by atoms with van der Waals surface area (Å²) in [5, 5.41) is 1.17. The van der Waals surface area contributed by atoms with E-state index in [-0.39, 0.29) is 0 Å². The quantitative estimate of drug-likeness (QED) is 0.773. The molecule has 2 aromatic rings. The van der Waals surface area contributed by atoms with E-state index in [1.807, 2.05) is 0 Å². The van der Waals surface area contributed by atoms with E-state index in [0.29, 0.717) is 0 Å². The van der Waals surface area contributed by atoms with Crippen LogP contribution in [0.25, 0.3) is 16.5 Å². The van der Waals surface area contributed by atoms with Gasteiger partial charge in [-0.05, 0) is 49.8 Å². The van der Waals surface area contributed by atoms with Crippen LogP contribution in [0.4, 0.5) is 0 Å². The predicted molar refractivity (Wildman–Crippen MR) is 80.1 cm³/mol. The van der Waals surface area contributed by atoms with Gasteiger partial charge < -0.3 is 0 Å². The molecular weight excluding hydrogens is 232 g/mol. The van der Waals surface area contributed by atoms with Crippen molar-refractivity contribution in [3.8, 4) is 0 Å². The van der Waals surface area contributed by atoms with E-state index < -0.39 is 0 Å². The third kappa shape index (κ3) is 2.27. The van der Waals surface area contributed by atoms with Crippen LogP contribution in [0, 0.1) is 0 Å². The van der Waals surface area contributed by atoms with Gasteiger partial charge in [0.05, 0.1) is 11.2 Å². The fraction of sp³-hybridized carbons (Fsp3) is 0.412. The number of benzene rings is 1. The lowest BCUT2D eigenvalue weighted by Gasteiger charge is -2.11. The zero-order chi connectivity index (χ0) is 13.2. The molecule has 2 nitrogen and oxygen atoms in total. The maximum Gasteiger partial charge on any atom is 0.116 e. The summed E-state index contributed by atoms with van der Waals surface area (Å²) in [4.78, 5) is 8.88. The first kappa shape index (κ1) is 12.3. The van der Waals surface area contributed by atoms with Crippen LogP contribution in [-0.2, 0) is 0 Å². The molecule has 98 valence electrons. The topological polar surface area (TPSA) is 25.8 Å². The number of allylic oxidation sites excluding steroid dienone is 2. The van der Waals surface area contributed by atoms with Crippen LogP contribution in [0.1, 0.15) is 56.7 Å². The highest BCUT2D eigenvalue weighted by Gasteiger charge is 2.17. The van der Waals surface area contributed by atoms with E-state index >= 15 is 0 Å². The lowest BCUT2D eigenvalue weighted by molar-refractivity contribution is 0.724. The molecule has 0 aliphatic heterocycles. The summed E-state index contributed by atoms with van der Waals surface area (Å²) in [6, 6.07) is 6.74. The van der Waals surface area contributed by atoms with Crippen molar-refractivity contribution >= 4 is 16.5 Å². The summed E-state index contributed by atoms with van der Waals surface area (Å²) in [7, 11) is 0. The Morgan fingerprint density at radius 1 is 1.21 bits per heavy atom. The molecule has 1 aliphatic rings. The highest BCUT2D eigenvalue weighted by molar-refractivity contribution is 5.89. The lowest BCUT2D eigenvalue weighted by atomic mass is 9.95. The molecule has 1 aromatic heterocycles. The van der Waals surface area contributed by atoms with Crippen LogP contribution < -0.4 is 0 Å². The van der Waals surface area contributed by atoms with Crippen LogP contribution in [0.3, 0.4) is 0 Å². The van der Waals surface area contributed by atoms with Crippen molar-refractivity contribution in [3.63, 3.8) is 0 Å². The third-order valence-corrected chi connectivity index (χ3v) is 4.29. The van der Waals surface area contributed by atoms with Gasteiger partial charge in [-0.15, -0.1) is 0 Å². The predicted octanol–water partition coefficient (Wildman–Crippen LogP) is 4.71. The fourth-order valence-electron chi connectivity index (χ4n) is 3.04. The smallest absolute Gasteiger partial charge is 0.116 e. The van der Waals surface area contributed by atoms with Gasteiger partial charge in [-0.3, -0.25) is 0 Å². The van der Waals surface area contributed by atoms with Crippen molar-refractivity contribution in [2.45, 2.75) is 45.4 Å². The van der Waals surface area contributed by atoms with E-state index in [0.717, 1.165) is 17.1 Å². The van der Waals surface area contributed by atoms with E-state index in [9.17, 15) is 0 Å². The van der Waals surface area contributed by atoms with Crippen LogP contribution in [0.15, 0.2) is 30.6 Å². The van der Waals surface area contributed by atoms with Crippen molar-refractivity contribution in [3.05, 3.63) is 41.9 Å². The SMILES string of the molecule is C/C=C(\C)c1ncnc2cc(C3CCCC3)ccc12. The Balaban J connectivity index is 2.09. The molecule has 1 aromatic carbocycles. The maximum atomic E-state index is 4.45. The fourth-order valence-corrected chi connectivity index (χ4v) is 3.04. The molecular formula is C17H20N2. The van der Waals surface area contributed by atoms with E-state index in [2.05, 4.69) is 48.1 Å². The maximum absolute atomic E-state index is 4.45. The first-order valence-corrected chi connectivity index (χ1v) is 7.17. The molecule has 19 heavy (non-hydrogen) atoms. The summed E-state index contributed by atoms with van der Waals surface area (Å²) in [5.74, 6) is 0.741. The Morgan fingerprint density at radius 3 is 2.74 bits per heavy atom. The molecule has 2 heteroatoms. The van der Waals surface area contributed by atoms with Gasteiger partial charge in [0.15, 0.2) is 0 Å². The summed E-state index contributed by atoms with van der Waals surface area (Å²) in [5.41, 5.74) is 4.80. The Kier molecular flexibility index (Phi) is 3.33. The molecule has 1 saturated carbocycles. The third-order valence-electron chi connectivity index (χ3n) is 4.29. The minimum atomic E-state index is 0.741. The molecule has 0 amide bonds. The van der Waals surface area contributed by atoms with Gasteiger partial charge in [0.1, 0.15) is 6.33 Å². The standard InChI is InChI=1S/C17H20N2/c1-3-12(2)17-15-9-8-14(13-6-4-5-7-13)10-16(15)18-11-19-17/h3,8-11,13H,4-7H2,1-2H3/b12-3+. The summed E-state index contributed by atoms with van der Waals surface area (Å²) < 4.78 is 0. The number of fused-ring (bicyclic) bond motifs is 1. The van der Waals surface area contributed by atoms with Crippen molar-refractivity contribution in [2.24, 2.45) is 0 Å². The number of nitrogens with zero attached hydrogens (tertiary/aromatic N) is 2. The molecule has 0 radical (unpaired) electrons. The zero-order valence-electron chi connectivity index (χ0n) is 11.7. The van der Waals surface area contributed by atoms with Crippen molar-refractivity contribution in [2.75, 3.05) is 0 Å². The van der Waals surface area contributed by atoms with Gasteiger partial charge in [-0.2, -0.15) is 0 Å². The first-order chi connectivity index (χ1) is 9.29. The van der Waals surface area contributed by atoms with E-state index in [1.54, 1.807) is 6.33 Å². The Hall–Kier alpha value is -1.70. The highest BCUT2D eigenvalue weighted by Crippen LogP contribution is 2.35. The second kappa shape index (κ2) is 5.12. The normalized spacial score (nSPS) is 17.3. The average molecular weight is 252 g/mol. The first-order valence-electron chi connectivity index (χ1n) is 7.17. The van der Waals surface area contributed by atoms with Crippen molar-refractivity contribution in [1.29, 1.82) is 0 Å². The van der Waals surface area contributed by atoms with E-state index in [1.165, 1.54) is 42.2 Å². The van der Waals surface area contributed by atoms with Gasteiger partial charge in [0.25, 0.3) is 0 Å². The molecule has 0 N–H and O–H groups in total. The van der Waals surface area contributed by atoms with Crippen molar-refractivity contribution in [1.82, 2.24) is 9.97 Å². The van der Waals surface area contributed by atoms with Crippen molar-refractivity contribution < 1.29 is 0 Å². The molecule has 0 saturated heterocycles. The summed E-state index contributed by atoms with van der Waals surface area (Å²) >= 11 is 0. The van der Waals surface area contributed by atoms with E-state index in [4.69, 9.17) is 0 Å². The molecule has 0 atom stereocenters. The van der Waals surface area contributed by atoms with Crippen LogP contribution >= 0.6 is 0 Å². The summed E-state index contributed by atoms with van der Waals surface area (Å²) in [6.45, 7) is 4.16. The number of hydrogen-bond donors (Lipinski definition) is 0. The number of hydrogen-bond acceptors (Lipinski definition) is 2. The van der Waals surface area contributed by atoms with Gasteiger partial charge >= 0.3 is 0 Å². The number of rotatable bonds is 2. The second-order valence-corrected chi connectivity index (χ2v) is 5.45. The summed E-state index contributed by atoms with van der Waals surface area (Å²) in [6.07, 6.45) is 9.19. The molecule has 1 heterocycles. The number of aromatic nitrogens is 2. The Bertz CT molecular complexity index is 622. The van der Waals surface area contributed by atoms with Gasteiger partial charge in [0, 0.05) is 5.39 Å². The molecule has 3 rings (SSSR count). The van der Waals surface area contributed by atoms with Gasteiger partial charge in [-0.1, -0.05) is 31.1 Å². The zero-order valence-corrected chi connectivity index (χ0v) is 11.7. The molecule has 0 bridgehead atoms. The van der Waals surface area contributed by atoms with Gasteiger partial charge in [0.2, 0.25) is 0 Å². The molecule has 0 unspecified atom stereocenters. The second-order valence-electron chi connectivity index (χ2n) is 5.45. The van der Waals surface area contributed by atoms with Gasteiger partial charge in [-0.25, -0.2) is 9.97 Å². The minimum Gasteiger partial charge on any atom is -0.236 e. The minimum absolute atomic E-state index is 0.741. The van der Waals surface area contributed by atoms with Crippen LogP contribution in [-0.4, -0.2) is 9.97 Å². The highest BCUT2D eigenvalue weighted by atomic mass is 14.8. The van der Waals surface area contributed by atoms with Crippen LogP contribution in [0.5, 0.6) is 0 Å². The van der Waals surface area contributed by atoms with Crippen LogP contribution in [0.2, 0.25) is 0 Å². The Labute approximate surface area is 114 Å². The monoisotopic (exact) mass is 252 g/mol. The molecule has 1 aliphatic carbocycles. The molecule has 0 spiro atoms. The lowest BCUT2D eigenvalue weighted by Crippen LogP contribution is -1.95. The largest absolute Gasteiger partial charge is 0.236 e.